The molecule has 0 fully saturated rings. The zero-order chi connectivity index (χ0) is 8.97. The summed E-state index contributed by atoms with van der Waals surface area (Å²) in [7, 11) is 0. The number of nitrogens with zero attached hydrogens (tertiary/aromatic N) is 2. The molecule has 0 aliphatic carbocycles. The Kier molecular flexibility index (Phi) is 2.90. The molecule has 0 atom stereocenters. The molecule has 0 radical (unpaired) electrons. The molecule has 0 aliphatic heterocycles. The van der Waals surface area contributed by atoms with Crippen molar-refractivity contribution in [2.45, 2.75) is 13.3 Å². The van der Waals surface area contributed by atoms with Crippen molar-refractivity contribution >= 4 is 0 Å². The van der Waals surface area contributed by atoms with Gasteiger partial charge < -0.3 is 4.74 Å². The monoisotopic (exact) mass is 174 g/mol. The molecule has 12 heavy (non-hydrogen) atoms. The molecule has 0 spiro atoms. The molecule has 0 saturated heterocycles. The standard InChI is InChI=1S/C7H8F2N2O/c1-5-10-3-2-7(11-5)12-4-6(8)9/h2-3,6H,4H2,1H3. The summed E-state index contributed by atoms with van der Waals surface area (Å²) >= 11 is 0. The van der Waals surface area contributed by atoms with Gasteiger partial charge in [-0.3, -0.25) is 0 Å². The van der Waals surface area contributed by atoms with Crippen LogP contribution in [0.15, 0.2) is 12.3 Å². The second kappa shape index (κ2) is 3.94. The Balaban J connectivity index is 2.52. The van der Waals surface area contributed by atoms with E-state index in [1.54, 1.807) is 6.92 Å². The maximum Gasteiger partial charge on any atom is 0.272 e. The first-order chi connectivity index (χ1) is 5.68. The summed E-state index contributed by atoms with van der Waals surface area (Å²) in [5, 5.41) is 0. The third-order valence-corrected chi connectivity index (χ3v) is 1.11. The van der Waals surface area contributed by atoms with Crippen molar-refractivity contribution in [3.63, 3.8) is 0 Å². The van der Waals surface area contributed by atoms with Gasteiger partial charge in [0.1, 0.15) is 5.82 Å². The lowest BCUT2D eigenvalue weighted by Crippen LogP contribution is -2.08. The molecular formula is C7H8F2N2O. The predicted molar refractivity (Wildman–Crippen MR) is 38.3 cm³/mol. The normalized spacial score (nSPS) is 10.3. The highest BCUT2D eigenvalue weighted by Crippen LogP contribution is 2.05. The van der Waals surface area contributed by atoms with Crippen LogP contribution in [0.3, 0.4) is 0 Å². The minimum Gasteiger partial charge on any atom is -0.472 e. The topological polar surface area (TPSA) is 35.0 Å². The van der Waals surface area contributed by atoms with E-state index in [0.29, 0.717) is 5.82 Å². The number of aromatic nitrogens is 2. The summed E-state index contributed by atoms with van der Waals surface area (Å²) in [6.07, 6.45) is -1.01. The van der Waals surface area contributed by atoms with Crippen molar-refractivity contribution in [2.75, 3.05) is 6.61 Å². The molecule has 1 aromatic heterocycles. The third kappa shape index (κ3) is 2.77. The number of hydrogen-bond donors (Lipinski definition) is 0. The molecule has 0 saturated carbocycles. The average molecular weight is 174 g/mol. The number of halogens is 2. The van der Waals surface area contributed by atoms with Crippen molar-refractivity contribution in [3.8, 4) is 5.88 Å². The highest BCUT2D eigenvalue weighted by Gasteiger charge is 2.03. The van der Waals surface area contributed by atoms with Gasteiger partial charge in [-0.1, -0.05) is 0 Å². The van der Waals surface area contributed by atoms with Crippen molar-refractivity contribution in [2.24, 2.45) is 0 Å². The van der Waals surface area contributed by atoms with Gasteiger partial charge in [0.2, 0.25) is 5.88 Å². The van der Waals surface area contributed by atoms with Crippen LogP contribution in [0.4, 0.5) is 8.78 Å². The van der Waals surface area contributed by atoms with Gasteiger partial charge in [-0.05, 0) is 6.92 Å². The minimum absolute atomic E-state index is 0.183. The lowest BCUT2D eigenvalue weighted by molar-refractivity contribution is 0.0794. The zero-order valence-electron chi connectivity index (χ0n) is 6.50. The molecule has 0 N–H and O–H groups in total. The molecule has 0 aliphatic rings. The summed E-state index contributed by atoms with van der Waals surface area (Å²) in [6, 6.07) is 1.44. The Morgan fingerprint density at radius 2 is 2.33 bits per heavy atom. The Morgan fingerprint density at radius 1 is 1.58 bits per heavy atom. The van der Waals surface area contributed by atoms with Crippen molar-refractivity contribution in [1.82, 2.24) is 9.97 Å². The van der Waals surface area contributed by atoms with Gasteiger partial charge >= 0.3 is 0 Å². The fourth-order valence-electron chi connectivity index (χ4n) is 0.663. The van der Waals surface area contributed by atoms with Gasteiger partial charge in [0, 0.05) is 12.3 Å². The summed E-state index contributed by atoms with van der Waals surface area (Å²) in [6.45, 7) is 1.03. The first-order valence-electron chi connectivity index (χ1n) is 3.39. The van der Waals surface area contributed by atoms with Crippen molar-refractivity contribution in [3.05, 3.63) is 18.1 Å². The third-order valence-electron chi connectivity index (χ3n) is 1.11. The van der Waals surface area contributed by atoms with Crippen LogP contribution in [0, 0.1) is 6.92 Å². The molecule has 1 rings (SSSR count). The second-order valence-corrected chi connectivity index (χ2v) is 2.14. The van der Waals surface area contributed by atoms with Crippen LogP contribution in [0.2, 0.25) is 0 Å². The van der Waals surface area contributed by atoms with E-state index >= 15 is 0 Å². The van der Waals surface area contributed by atoms with Crippen LogP contribution in [0.5, 0.6) is 5.88 Å². The Morgan fingerprint density at radius 3 is 2.92 bits per heavy atom. The van der Waals surface area contributed by atoms with Gasteiger partial charge in [0.15, 0.2) is 6.61 Å². The summed E-state index contributed by atoms with van der Waals surface area (Å²) in [5.74, 6) is 0.685. The SMILES string of the molecule is Cc1nccc(OCC(F)F)n1. The molecule has 66 valence electrons. The Bertz CT molecular complexity index is 255. The van der Waals surface area contributed by atoms with Gasteiger partial charge in [-0.25, -0.2) is 13.8 Å². The first kappa shape index (κ1) is 8.83. The lowest BCUT2D eigenvalue weighted by Gasteiger charge is -2.03. The highest BCUT2D eigenvalue weighted by atomic mass is 19.3. The van der Waals surface area contributed by atoms with Crippen LogP contribution in [-0.4, -0.2) is 23.0 Å². The quantitative estimate of drug-likeness (QED) is 0.695. The van der Waals surface area contributed by atoms with Gasteiger partial charge in [-0.15, -0.1) is 0 Å². The second-order valence-electron chi connectivity index (χ2n) is 2.14. The van der Waals surface area contributed by atoms with E-state index in [2.05, 4.69) is 14.7 Å². The maximum atomic E-state index is 11.7. The van der Waals surface area contributed by atoms with E-state index in [9.17, 15) is 8.78 Å². The lowest BCUT2D eigenvalue weighted by atomic mass is 10.6. The van der Waals surface area contributed by atoms with E-state index in [4.69, 9.17) is 0 Å². The van der Waals surface area contributed by atoms with E-state index in [1.807, 2.05) is 0 Å². The molecule has 1 heterocycles. The van der Waals surface area contributed by atoms with Crippen LogP contribution >= 0.6 is 0 Å². The predicted octanol–water partition coefficient (Wildman–Crippen LogP) is 1.43. The van der Waals surface area contributed by atoms with E-state index in [1.165, 1.54) is 12.3 Å². The largest absolute Gasteiger partial charge is 0.472 e. The number of aryl methyl sites for hydroxylation is 1. The van der Waals surface area contributed by atoms with E-state index in [-0.39, 0.29) is 5.88 Å². The van der Waals surface area contributed by atoms with Gasteiger partial charge in [0.05, 0.1) is 0 Å². The molecule has 1 aromatic rings. The van der Waals surface area contributed by atoms with Crippen LogP contribution < -0.4 is 4.74 Å². The zero-order valence-corrected chi connectivity index (χ0v) is 6.50. The summed E-state index contributed by atoms with van der Waals surface area (Å²) < 4.78 is 28.0. The molecule has 0 aromatic carbocycles. The molecule has 5 heteroatoms. The highest BCUT2D eigenvalue weighted by molar-refractivity contribution is 5.07. The van der Waals surface area contributed by atoms with Crippen LogP contribution in [-0.2, 0) is 0 Å². The molecule has 0 amide bonds. The van der Waals surface area contributed by atoms with Gasteiger partial charge in [-0.2, -0.15) is 4.98 Å². The van der Waals surface area contributed by atoms with E-state index in [0.717, 1.165) is 0 Å². The molecular weight excluding hydrogens is 166 g/mol. The number of hydrogen-bond acceptors (Lipinski definition) is 3. The van der Waals surface area contributed by atoms with E-state index < -0.39 is 13.0 Å². The Hall–Kier alpha value is -1.26. The molecule has 0 bridgehead atoms. The number of ether oxygens (including phenoxy) is 1. The Labute approximate surface area is 68.4 Å². The molecule has 3 nitrogen and oxygen atoms in total. The van der Waals surface area contributed by atoms with Crippen LogP contribution in [0.25, 0.3) is 0 Å². The summed E-state index contributed by atoms with van der Waals surface area (Å²) in [4.78, 5) is 7.57. The number of rotatable bonds is 3. The smallest absolute Gasteiger partial charge is 0.272 e. The van der Waals surface area contributed by atoms with Gasteiger partial charge in [0.25, 0.3) is 6.43 Å². The maximum absolute atomic E-state index is 11.7. The van der Waals surface area contributed by atoms with Crippen molar-refractivity contribution < 1.29 is 13.5 Å². The fraction of sp³-hybridized carbons (Fsp3) is 0.429. The first-order valence-corrected chi connectivity index (χ1v) is 3.39. The minimum atomic E-state index is -2.47. The van der Waals surface area contributed by atoms with Crippen LogP contribution in [0.1, 0.15) is 5.82 Å². The molecule has 0 unspecified atom stereocenters. The van der Waals surface area contributed by atoms with Crippen molar-refractivity contribution in [1.29, 1.82) is 0 Å². The average Bonchev–Trinajstić information content (AvgIpc) is 2.01. The number of alkyl halides is 2. The fourth-order valence-corrected chi connectivity index (χ4v) is 0.663. The summed E-state index contributed by atoms with van der Waals surface area (Å²) in [5.41, 5.74) is 0.